The molecule has 6 heteroatoms. The summed E-state index contributed by atoms with van der Waals surface area (Å²) in [4.78, 5) is 0.123. The molecule has 0 saturated heterocycles. The van der Waals surface area contributed by atoms with Crippen molar-refractivity contribution in [3.8, 4) is 0 Å². The number of benzene rings is 1. The lowest BCUT2D eigenvalue weighted by atomic mass is 10.1. The molecule has 19 heavy (non-hydrogen) atoms. The van der Waals surface area contributed by atoms with Gasteiger partial charge >= 0.3 is 0 Å². The van der Waals surface area contributed by atoms with Gasteiger partial charge in [0.1, 0.15) is 0 Å². The number of aryl methyl sites for hydroxylation is 1. The van der Waals surface area contributed by atoms with E-state index in [9.17, 15) is 13.5 Å². The maximum Gasteiger partial charge on any atom is 0.240 e. The summed E-state index contributed by atoms with van der Waals surface area (Å²) in [6.07, 6.45) is 0.580. The predicted octanol–water partition coefficient (Wildman–Crippen LogP) is 1.26. The zero-order valence-electron chi connectivity index (χ0n) is 11.6. The van der Waals surface area contributed by atoms with Crippen LogP contribution in [0.2, 0.25) is 0 Å². The highest BCUT2D eigenvalue weighted by atomic mass is 32.2. The third kappa shape index (κ3) is 4.49. The number of nitrogens with one attached hydrogen (secondary N) is 1. The minimum atomic E-state index is -3.65. The Kier molecular flexibility index (Phi) is 5.34. The van der Waals surface area contributed by atoms with Gasteiger partial charge in [0.15, 0.2) is 0 Å². The fourth-order valence-corrected chi connectivity index (χ4v) is 3.08. The summed E-state index contributed by atoms with van der Waals surface area (Å²) in [7, 11) is -3.65. The Bertz CT molecular complexity index is 527. The van der Waals surface area contributed by atoms with Crippen molar-refractivity contribution in [2.24, 2.45) is 5.92 Å². The molecule has 0 aromatic heterocycles. The number of rotatable bonds is 6. The molecular weight excluding hydrogens is 264 g/mol. The van der Waals surface area contributed by atoms with Crippen molar-refractivity contribution in [3.05, 3.63) is 23.8 Å². The van der Waals surface area contributed by atoms with Crippen LogP contribution in [0.15, 0.2) is 23.1 Å². The Morgan fingerprint density at radius 3 is 2.47 bits per heavy atom. The molecule has 1 atom stereocenters. The average molecular weight is 286 g/mol. The van der Waals surface area contributed by atoms with E-state index in [0.717, 1.165) is 5.56 Å². The summed E-state index contributed by atoms with van der Waals surface area (Å²) in [5.41, 5.74) is 6.99. The number of aliphatic hydroxyl groups is 1. The van der Waals surface area contributed by atoms with Gasteiger partial charge in [-0.05, 0) is 37.0 Å². The van der Waals surface area contributed by atoms with Gasteiger partial charge in [-0.1, -0.05) is 19.9 Å². The lowest BCUT2D eigenvalue weighted by Crippen LogP contribution is -2.38. The normalized spacial score (nSPS) is 13.7. The van der Waals surface area contributed by atoms with Gasteiger partial charge in [0, 0.05) is 11.7 Å². The van der Waals surface area contributed by atoms with Crippen molar-refractivity contribution in [2.75, 3.05) is 12.3 Å². The number of sulfonamides is 1. The van der Waals surface area contributed by atoms with Crippen LogP contribution in [0.25, 0.3) is 0 Å². The second-order valence-electron chi connectivity index (χ2n) is 5.15. The van der Waals surface area contributed by atoms with Crippen LogP contribution in [-0.2, 0) is 10.0 Å². The molecule has 5 nitrogen and oxygen atoms in total. The predicted molar refractivity (Wildman–Crippen MR) is 76.2 cm³/mol. The zero-order chi connectivity index (χ0) is 14.6. The van der Waals surface area contributed by atoms with E-state index in [-0.39, 0.29) is 11.5 Å². The van der Waals surface area contributed by atoms with E-state index in [4.69, 9.17) is 5.73 Å². The molecule has 0 heterocycles. The standard InChI is InChI=1S/C13H22N2O3S/c1-9(2)6-11(8-16)15-19(17,18)12-5-4-10(3)13(14)7-12/h4-5,7,9,11,15-16H,6,8,14H2,1-3H3. The highest BCUT2D eigenvalue weighted by molar-refractivity contribution is 7.89. The summed E-state index contributed by atoms with van der Waals surface area (Å²) in [6.45, 7) is 5.54. The lowest BCUT2D eigenvalue weighted by molar-refractivity contribution is 0.240. The Morgan fingerprint density at radius 1 is 1.37 bits per heavy atom. The molecule has 0 spiro atoms. The minimum Gasteiger partial charge on any atom is -0.398 e. The summed E-state index contributed by atoms with van der Waals surface area (Å²) in [5.74, 6) is 0.294. The number of hydrogen-bond donors (Lipinski definition) is 3. The van der Waals surface area contributed by atoms with Gasteiger partial charge in [-0.2, -0.15) is 0 Å². The Balaban J connectivity index is 2.93. The summed E-state index contributed by atoms with van der Waals surface area (Å²) in [6, 6.07) is 4.13. The Morgan fingerprint density at radius 2 is 2.00 bits per heavy atom. The van der Waals surface area contributed by atoms with E-state index in [1.165, 1.54) is 12.1 Å². The van der Waals surface area contributed by atoms with E-state index < -0.39 is 16.1 Å². The first-order chi connectivity index (χ1) is 8.76. The largest absolute Gasteiger partial charge is 0.398 e. The van der Waals surface area contributed by atoms with Crippen molar-refractivity contribution in [3.63, 3.8) is 0 Å². The third-order valence-corrected chi connectivity index (χ3v) is 4.38. The highest BCUT2D eigenvalue weighted by Crippen LogP contribution is 2.18. The molecule has 0 amide bonds. The molecule has 1 rings (SSSR count). The molecule has 1 unspecified atom stereocenters. The number of aliphatic hydroxyl groups excluding tert-OH is 1. The van der Waals surface area contributed by atoms with Crippen LogP contribution in [-0.4, -0.2) is 26.2 Å². The number of nitrogens with two attached hydrogens (primary N) is 1. The van der Waals surface area contributed by atoms with Crippen LogP contribution in [0.1, 0.15) is 25.8 Å². The molecule has 0 fully saturated rings. The number of hydrogen-bond acceptors (Lipinski definition) is 4. The smallest absolute Gasteiger partial charge is 0.240 e. The summed E-state index contributed by atoms with van der Waals surface area (Å²) in [5, 5.41) is 9.23. The monoisotopic (exact) mass is 286 g/mol. The fourth-order valence-electron chi connectivity index (χ4n) is 1.80. The maximum absolute atomic E-state index is 12.2. The van der Waals surface area contributed by atoms with Crippen molar-refractivity contribution < 1.29 is 13.5 Å². The first kappa shape index (κ1) is 15.9. The molecule has 0 radical (unpaired) electrons. The number of nitrogen functional groups attached to an aromatic ring is 1. The maximum atomic E-state index is 12.2. The van der Waals surface area contributed by atoms with Crippen LogP contribution in [0.4, 0.5) is 5.69 Å². The summed E-state index contributed by atoms with van der Waals surface area (Å²) < 4.78 is 26.8. The second-order valence-corrected chi connectivity index (χ2v) is 6.86. The molecule has 0 aliphatic heterocycles. The van der Waals surface area contributed by atoms with E-state index in [0.29, 0.717) is 18.0 Å². The lowest BCUT2D eigenvalue weighted by Gasteiger charge is -2.18. The van der Waals surface area contributed by atoms with Crippen LogP contribution < -0.4 is 10.5 Å². The van der Waals surface area contributed by atoms with Gasteiger partial charge in [-0.3, -0.25) is 0 Å². The Hall–Kier alpha value is -1.11. The van der Waals surface area contributed by atoms with Crippen LogP contribution >= 0.6 is 0 Å². The van der Waals surface area contributed by atoms with Gasteiger partial charge in [0.25, 0.3) is 0 Å². The SMILES string of the molecule is Cc1ccc(S(=O)(=O)NC(CO)CC(C)C)cc1N. The molecule has 1 aromatic carbocycles. The van der Waals surface area contributed by atoms with E-state index in [2.05, 4.69) is 4.72 Å². The second kappa shape index (κ2) is 6.36. The fraction of sp³-hybridized carbons (Fsp3) is 0.538. The molecule has 0 aliphatic rings. The molecule has 0 aliphatic carbocycles. The minimum absolute atomic E-state index is 0.123. The topological polar surface area (TPSA) is 92.4 Å². The van der Waals surface area contributed by atoms with Crippen molar-refractivity contribution in [2.45, 2.75) is 38.1 Å². The first-order valence-corrected chi connectivity index (χ1v) is 7.74. The van der Waals surface area contributed by atoms with Crippen molar-refractivity contribution >= 4 is 15.7 Å². The number of anilines is 1. The average Bonchev–Trinajstić information content (AvgIpc) is 2.30. The Labute approximate surface area is 114 Å². The van der Waals surface area contributed by atoms with Gasteiger partial charge in [-0.25, -0.2) is 13.1 Å². The zero-order valence-corrected chi connectivity index (χ0v) is 12.4. The van der Waals surface area contributed by atoms with Crippen LogP contribution in [0, 0.1) is 12.8 Å². The van der Waals surface area contributed by atoms with Gasteiger partial charge < -0.3 is 10.8 Å². The van der Waals surface area contributed by atoms with E-state index >= 15 is 0 Å². The van der Waals surface area contributed by atoms with E-state index in [1.54, 1.807) is 6.07 Å². The highest BCUT2D eigenvalue weighted by Gasteiger charge is 2.20. The van der Waals surface area contributed by atoms with Crippen molar-refractivity contribution in [1.82, 2.24) is 4.72 Å². The van der Waals surface area contributed by atoms with Gasteiger partial charge in [0.05, 0.1) is 11.5 Å². The molecule has 0 saturated carbocycles. The van der Waals surface area contributed by atoms with Gasteiger partial charge in [0.2, 0.25) is 10.0 Å². The van der Waals surface area contributed by atoms with Crippen molar-refractivity contribution in [1.29, 1.82) is 0 Å². The van der Waals surface area contributed by atoms with Gasteiger partial charge in [-0.15, -0.1) is 0 Å². The first-order valence-electron chi connectivity index (χ1n) is 6.25. The molecular formula is C13H22N2O3S. The summed E-state index contributed by atoms with van der Waals surface area (Å²) >= 11 is 0. The van der Waals surface area contributed by atoms with Crippen LogP contribution in [0.5, 0.6) is 0 Å². The molecule has 4 N–H and O–H groups in total. The third-order valence-electron chi connectivity index (χ3n) is 2.86. The van der Waals surface area contributed by atoms with Crippen LogP contribution in [0.3, 0.4) is 0 Å². The molecule has 1 aromatic rings. The molecule has 0 bridgehead atoms. The van der Waals surface area contributed by atoms with E-state index in [1.807, 2.05) is 20.8 Å². The quantitative estimate of drug-likeness (QED) is 0.686. The molecule has 108 valence electrons.